The molecule has 0 nitrogen and oxygen atoms in total. The maximum atomic E-state index is 14.5. The fraction of sp³-hybridized carbons (Fsp3) is 1.00. The van der Waals surface area contributed by atoms with E-state index >= 15 is 0 Å². The molecule has 0 aliphatic carbocycles. The molecule has 0 atom stereocenters. The van der Waals surface area contributed by atoms with Gasteiger partial charge in [-0.25, -0.2) is 17.6 Å². The molecule has 194 valence electrons. The Labute approximate surface area is 158 Å². The van der Waals surface area contributed by atoms with Gasteiger partial charge in [0.15, 0.2) is 0 Å². The molecule has 32 heavy (non-hydrogen) atoms. The molecular formula is C10F22. The molecule has 0 fully saturated rings. The van der Waals surface area contributed by atoms with Gasteiger partial charge < -0.3 is 0 Å². The van der Waals surface area contributed by atoms with E-state index in [0.717, 1.165) is 0 Å². The van der Waals surface area contributed by atoms with Crippen LogP contribution >= 0.6 is 0 Å². The van der Waals surface area contributed by atoms with Crippen molar-refractivity contribution in [2.45, 2.75) is 59.7 Å². The lowest BCUT2D eigenvalue weighted by molar-refractivity contribution is -0.498. The van der Waals surface area contributed by atoms with Gasteiger partial charge in [0, 0.05) is 0 Å². The van der Waals surface area contributed by atoms with Gasteiger partial charge in [-0.3, -0.25) is 0 Å². The van der Waals surface area contributed by atoms with Gasteiger partial charge in [-0.1, -0.05) is 0 Å². The summed E-state index contributed by atoms with van der Waals surface area (Å²) >= 11 is 0. The molecule has 0 amide bonds. The van der Waals surface area contributed by atoms with Crippen molar-refractivity contribution in [3.8, 4) is 0 Å². The predicted octanol–water partition coefficient (Wildman–Crippen LogP) is 7.19. The number of hydrogen-bond donors (Lipinski definition) is 0. The normalized spacial score (nSPS) is 17.1. The van der Waals surface area contributed by atoms with Crippen molar-refractivity contribution >= 4 is 0 Å². The van der Waals surface area contributed by atoms with Crippen LogP contribution in [-0.2, 0) is 0 Å². The van der Waals surface area contributed by atoms with Gasteiger partial charge in [0.2, 0.25) is 0 Å². The Balaban J connectivity index is 8.69. The molecule has 0 aromatic heterocycles. The zero-order valence-corrected chi connectivity index (χ0v) is 13.3. The van der Waals surface area contributed by atoms with Gasteiger partial charge in [0.05, 0.1) is 0 Å². The topological polar surface area (TPSA) is 0 Å². The van der Waals surface area contributed by atoms with Crippen molar-refractivity contribution in [1.82, 2.24) is 0 Å². The number of hydrogen-bond acceptors (Lipinski definition) is 0. The smallest absolute Gasteiger partial charge is 0.231 e. The second-order valence-electron chi connectivity index (χ2n) is 5.62. The Bertz CT molecular complexity index is 537. The van der Waals surface area contributed by atoms with Crippen LogP contribution in [0, 0.1) is 0 Å². The third kappa shape index (κ3) is 3.40. The van der Waals surface area contributed by atoms with Crippen molar-refractivity contribution in [2.24, 2.45) is 0 Å². The van der Waals surface area contributed by atoms with Crippen LogP contribution in [0.5, 0.6) is 0 Å². The van der Waals surface area contributed by atoms with E-state index in [-0.39, 0.29) is 0 Å². The highest BCUT2D eigenvalue weighted by Crippen LogP contribution is 2.72. The van der Waals surface area contributed by atoms with Crippen molar-refractivity contribution in [3.05, 3.63) is 0 Å². The fourth-order valence-electron chi connectivity index (χ4n) is 2.37. The molecule has 0 radical (unpaired) electrons. The zero-order valence-electron chi connectivity index (χ0n) is 13.3. The summed E-state index contributed by atoms with van der Waals surface area (Å²) in [6.45, 7) is 0. The van der Waals surface area contributed by atoms with Gasteiger partial charge >= 0.3 is 54.1 Å². The monoisotopic (exact) mass is 538 g/mol. The summed E-state index contributed by atoms with van der Waals surface area (Å²) in [7, 11) is 0. The van der Waals surface area contributed by atoms with Crippen LogP contribution in [0.15, 0.2) is 0 Å². The summed E-state index contributed by atoms with van der Waals surface area (Å²) in [5, 5.41) is 0. The first-order valence-electron chi connectivity index (χ1n) is 6.41. The first-order chi connectivity index (χ1) is 13.2. The average molecular weight is 538 g/mol. The summed E-state index contributed by atoms with van der Waals surface area (Å²) in [6, 6.07) is 0. The quantitative estimate of drug-likeness (QED) is 0.334. The van der Waals surface area contributed by atoms with E-state index < -0.39 is 59.7 Å². The predicted molar refractivity (Wildman–Crippen MR) is 51.7 cm³/mol. The van der Waals surface area contributed by atoms with Crippen molar-refractivity contribution in [3.63, 3.8) is 0 Å². The molecule has 0 aromatic rings. The first-order valence-corrected chi connectivity index (χ1v) is 6.41. The van der Waals surface area contributed by atoms with Gasteiger partial charge in [0.1, 0.15) is 0 Å². The molecule has 0 rings (SSSR count). The van der Waals surface area contributed by atoms with Crippen LogP contribution in [0.25, 0.3) is 0 Å². The van der Waals surface area contributed by atoms with Crippen molar-refractivity contribution in [2.75, 3.05) is 0 Å². The van der Waals surface area contributed by atoms with Crippen LogP contribution in [0.4, 0.5) is 96.6 Å². The molecule has 0 spiro atoms. The summed E-state index contributed by atoms with van der Waals surface area (Å²) in [5.74, 6) is 0. The summed E-state index contributed by atoms with van der Waals surface area (Å²) < 4.78 is 282. The van der Waals surface area contributed by atoms with Crippen LogP contribution < -0.4 is 0 Å². The van der Waals surface area contributed by atoms with Crippen molar-refractivity contribution < 1.29 is 96.6 Å². The number of halogens is 22. The maximum Gasteiger partial charge on any atom is 0.435 e. The van der Waals surface area contributed by atoms with Crippen LogP contribution in [0.1, 0.15) is 0 Å². The molecule has 0 unspecified atom stereocenters. The second-order valence-corrected chi connectivity index (χ2v) is 5.62. The molecule has 0 aliphatic heterocycles. The molecule has 0 saturated heterocycles. The Hall–Kier alpha value is -1.54. The van der Waals surface area contributed by atoms with E-state index in [9.17, 15) is 96.6 Å². The molecule has 0 aromatic carbocycles. The molecule has 0 aliphatic rings. The third-order valence-corrected chi connectivity index (χ3v) is 3.77. The van der Waals surface area contributed by atoms with Gasteiger partial charge in [-0.2, -0.15) is 79.0 Å². The lowest BCUT2D eigenvalue weighted by Crippen LogP contribution is -2.89. The third-order valence-electron chi connectivity index (χ3n) is 3.77. The Morgan fingerprint density at radius 2 is 0.250 bits per heavy atom. The summed E-state index contributed by atoms with van der Waals surface area (Å²) in [5.41, 5.74) is -39.6. The van der Waals surface area contributed by atoms with Crippen LogP contribution in [0.3, 0.4) is 0 Å². The van der Waals surface area contributed by atoms with E-state index in [1.165, 1.54) is 0 Å². The zero-order chi connectivity index (χ0) is 27.0. The highest BCUT2D eigenvalue weighted by molar-refractivity contribution is 5.33. The van der Waals surface area contributed by atoms with Crippen molar-refractivity contribution in [1.29, 1.82) is 0 Å². The molecule has 0 N–H and O–H groups in total. The Kier molecular flexibility index (Phi) is 6.65. The van der Waals surface area contributed by atoms with E-state index in [0.29, 0.717) is 0 Å². The Morgan fingerprint density at radius 1 is 0.156 bits per heavy atom. The molecule has 0 heterocycles. The molecule has 0 saturated carbocycles. The van der Waals surface area contributed by atoms with Gasteiger partial charge in [-0.05, 0) is 0 Å². The van der Waals surface area contributed by atoms with Crippen LogP contribution in [-0.4, -0.2) is 59.7 Å². The van der Waals surface area contributed by atoms with E-state index in [1.807, 2.05) is 0 Å². The SMILES string of the molecule is FC(F)(F)C(F)(C(F)(F)F)C(F)(C(F)(C(F)(F)F)C(F)(F)F)C(F)(C(F)(F)F)C(F)(F)F. The first kappa shape index (κ1) is 30.5. The van der Waals surface area contributed by atoms with Gasteiger partial charge in [-0.15, -0.1) is 0 Å². The van der Waals surface area contributed by atoms with Gasteiger partial charge in [0.25, 0.3) is 5.67 Å². The number of rotatable bonds is 3. The minimum absolute atomic E-state index is 9.04. The molecule has 0 bridgehead atoms. The average Bonchev–Trinajstić information content (AvgIpc) is 2.44. The lowest BCUT2D eigenvalue weighted by Gasteiger charge is -2.53. The second kappa shape index (κ2) is 6.98. The molecule has 22 heteroatoms. The number of alkyl halides is 22. The van der Waals surface area contributed by atoms with Crippen LogP contribution in [0.2, 0.25) is 0 Å². The summed E-state index contributed by atoms with van der Waals surface area (Å²) in [6.07, 6.45) is -54.2. The minimum atomic E-state index is -10.3. The Morgan fingerprint density at radius 3 is 0.312 bits per heavy atom. The van der Waals surface area contributed by atoms with E-state index in [2.05, 4.69) is 0 Å². The fourth-order valence-corrected chi connectivity index (χ4v) is 2.37. The molecular weight excluding hydrogens is 538 g/mol. The lowest BCUT2D eigenvalue weighted by atomic mass is 9.62. The standard InChI is InChI=1S/C10F22/c11-1(2(12,5(15,16)17)6(18,19)20,3(13,7(21,22)23)8(24,25)26)4(14,9(27,28)29)10(30,31)32. The van der Waals surface area contributed by atoms with E-state index in [4.69, 9.17) is 0 Å². The summed E-state index contributed by atoms with van der Waals surface area (Å²) in [4.78, 5) is 0. The minimum Gasteiger partial charge on any atom is -0.231 e. The van der Waals surface area contributed by atoms with E-state index in [1.54, 1.807) is 0 Å². The largest absolute Gasteiger partial charge is 0.435 e. The highest BCUT2D eigenvalue weighted by atomic mass is 19.5. The maximum absolute atomic E-state index is 14.5. The highest BCUT2D eigenvalue weighted by Gasteiger charge is 3.06.